The van der Waals surface area contributed by atoms with Crippen molar-refractivity contribution < 1.29 is 19.1 Å². The molecule has 0 radical (unpaired) electrons. The highest BCUT2D eigenvalue weighted by atomic mass is 127. The van der Waals surface area contributed by atoms with Gasteiger partial charge in [0.15, 0.2) is 0 Å². The lowest BCUT2D eigenvalue weighted by atomic mass is 10.0. The minimum absolute atomic E-state index is 0.103. The molecule has 2 aliphatic heterocycles. The minimum Gasteiger partial charge on any atom is -0.376 e. The summed E-state index contributed by atoms with van der Waals surface area (Å²) >= 11 is 2.21. The standard InChI is InChI=1S/C21H19IN2O4/c1-12-9-14(22)5-7-18(12)23-19(25)13-4-6-16-17(10-13)21(27)24(20(16)26)11-15-3-2-8-28-15/h4-7,9-10,15H,2-3,8,11H2,1H3,(H,23,25). The molecule has 1 atom stereocenters. The molecule has 1 unspecified atom stereocenters. The monoisotopic (exact) mass is 490 g/mol. The van der Waals surface area contributed by atoms with E-state index in [1.807, 2.05) is 25.1 Å². The van der Waals surface area contributed by atoms with Gasteiger partial charge in [-0.2, -0.15) is 0 Å². The molecule has 4 rings (SSSR count). The molecule has 1 N–H and O–H groups in total. The summed E-state index contributed by atoms with van der Waals surface area (Å²) < 4.78 is 6.63. The van der Waals surface area contributed by atoms with Crippen LogP contribution in [0.25, 0.3) is 0 Å². The number of ether oxygens (including phenoxy) is 1. The summed E-state index contributed by atoms with van der Waals surface area (Å²) in [7, 11) is 0. The molecule has 1 fully saturated rings. The van der Waals surface area contributed by atoms with Gasteiger partial charge in [0, 0.05) is 21.4 Å². The second-order valence-electron chi connectivity index (χ2n) is 7.03. The third-order valence-electron chi connectivity index (χ3n) is 5.08. The molecule has 0 spiro atoms. The van der Waals surface area contributed by atoms with Gasteiger partial charge in [0.1, 0.15) is 0 Å². The maximum absolute atomic E-state index is 12.7. The zero-order valence-corrected chi connectivity index (χ0v) is 17.5. The first-order chi connectivity index (χ1) is 13.4. The van der Waals surface area contributed by atoms with E-state index in [4.69, 9.17) is 4.74 Å². The van der Waals surface area contributed by atoms with E-state index in [9.17, 15) is 14.4 Å². The third-order valence-corrected chi connectivity index (χ3v) is 5.75. The van der Waals surface area contributed by atoms with Crippen molar-refractivity contribution in [3.63, 3.8) is 0 Å². The SMILES string of the molecule is Cc1cc(I)ccc1NC(=O)c1ccc2c(c1)C(=O)N(CC1CCCO1)C2=O. The van der Waals surface area contributed by atoms with Gasteiger partial charge in [0.25, 0.3) is 17.7 Å². The topological polar surface area (TPSA) is 75.7 Å². The van der Waals surface area contributed by atoms with Crippen molar-refractivity contribution in [1.29, 1.82) is 0 Å². The van der Waals surface area contributed by atoms with Gasteiger partial charge in [-0.1, -0.05) is 0 Å². The van der Waals surface area contributed by atoms with Gasteiger partial charge < -0.3 is 10.1 Å². The summed E-state index contributed by atoms with van der Waals surface area (Å²) in [5, 5.41) is 2.87. The van der Waals surface area contributed by atoms with Crippen LogP contribution in [0.15, 0.2) is 36.4 Å². The van der Waals surface area contributed by atoms with Crippen molar-refractivity contribution in [3.8, 4) is 0 Å². The Morgan fingerprint density at radius 2 is 1.96 bits per heavy atom. The van der Waals surface area contributed by atoms with E-state index in [0.29, 0.717) is 23.4 Å². The van der Waals surface area contributed by atoms with E-state index < -0.39 is 0 Å². The summed E-state index contributed by atoms with van der Waals surface area (Å²) in [6, 6.07) is 10.4. The van der Waals surface area contributed by atoms with Crippen LogP contribution < -0.4 is 5.32 Å². The second kappa shape index (κ2) is 7.63. The Hall–Kier alpha value is -2.26. The lowest BCUT2D eigenvalue weighted by Gasteiger charge is -2.17. The Bertz CT molecular complexity index is 982. The van der Waals surface area contributed by atoms with Gasteiger partial charge >= 0.3 is 0 Å². The number of rotatable bonds is 4. The Balaban J connectivity index is 1.54. The average Bonchev–Trinajstić information content (AvgIpc) is 3.27. The molecule has 2 aromatic rings. The molecule has 2 aromatic carbocycles. The molecule has 2 heterocycles. The van der Waals surface area contributed by atoms with Crippen LogP contribution in [-0.4, -0.2) is 41.9 Å². The van der Waals surface area contributed by atoms with Gasteiger partial charge in [0.2, 0.25) is 0 Å². The highest BCUT2D eigenvalue weighted by Gasteiger charge is 2.37. The maximum Gasteiger partial charge on any atom is 0.261 e. The van der Waals surface area contributed by atoms with Crippen LogP contribution in [0.2, 0.25) is 0 Å². The van der Waals surface area contributed by atoms with Crippen molar-refractivity contribution in [2.24, 2.45) is 0 Å². The number of hydrogen-bond donors (Lipinski definition) is 1. The number of amides is 3. The second-order valence-corrected chi connectivity index (χ2v) is 8.28. The van der Waals surface area contributed by atoms with Gasteiger partial charge in [-0.3, -0.25) is 19.3 Å². The summed E-state index contributed by atoms with van der Waals surface area (Å²) in [6.07, 6.45) is 1.68. The molecule has 2 aliphatic rings. The first-order valence-corrected chi connectivity index (χ1v) is 10.2. The van der Waals surface area contributed by atoms with E-state index in [0.717, 1.165) is 22.0 Å². The van der Waals surface area contributed by atoms with E-state index in [2.05, 4.69) is 27.9 Å². The Morgan fingerprint density at radius 1 is 1.18 bits per heavy atom. The number of fused-ring (bicyclic) bond motifs is 1. The molecule has 6 nitrogen and oxygen atoms in total. The van der Waals surface area contributed by atoms with Crippen LogP contribution in [0.1, 0.15) is 49.5 Å². The predicted molar refractivity (Wildman–Crippen MR) is 113 cm³/mol. The van der Waals surface area contributed by atoms with E-state index in [1.54, 1.807) is 12.1 Å². The Kier molecular flexibility index (Phi) is 5.20. The van der Waals surface area contributed by atoms with Crippen LogP contribution in [0.4, 0.5) is 5.69 Å². The quantitative estimate of drug-likeness (QED) is 0.525. The molecule has 0 bridgehead atoms. The molecule has 0 saturated carbocycles. The maximum atomic E-state index is 12.7. The molecule has 144 valence electrons. The molecular formula is C21H19IN2O4. The van der Waals surface area contributed by atoms with Crippen molar-refractivity contribution in [3.05, 3.63) is 62.2 Å². The van der Waals surface area contributed by atoms with Gasteiger partial charge in [-0.25, -0.2) is 0 Å². The molecule has 1 saturated heterocycles. The summed E-state index contributed by atoms with van der Waals surface area (Å²) in [6.45, 7) is 2.84. The fourth-order valence-corrected chi connectivity index (χ4v) is 4.20. The highest BCUT2D eigenvalue weighted by molar-refractivity contribution is 14.1. The number of imide groups is 1. The van der Waals surface area contributed by atoms with Crippen LogP contribution in [-0.2, 0) is 4.74 Å². The molecule has 28 heavy (non-hydrogen) atoms. The van der Waals surface area contributed by atoms with Crippen molar-refractivity contribution in [2.75, 3.05) is 18.5 Å². The fourth-order valence-electron chi connectivity index (χ4n) is 3.55. The number of carbonyl (C=O) groups excluding carboxylic acids is 3. The lowest BCUT2D eigenvalue weighted by molar-refractivity contribution is 0.0475. The fraction of sp³-hybridized carbons (Fsp3) is 0.286. The van der Waals surface area contributed by atoms with Crippen molar-refractivity contribution in [1.82, 2.24) is 4.90 Å². The van der Waals surface area contributed by atoms with Crippen molar-refractivity contribution in [2.45, 2.75) is 25.9 Å². The minimum atomic E-state index is -0.365. The zero-order chi connectivity index (χ0) is 19.8. The molecule has 3 amide bonds. The Labute approximate surface area is 176 Å². The van der Waals surface area contributed by atoms with Gasteiger partial charge in [-0.15, -0.1) is 0 Å². The van der Waals surface area contributed by atoms with Crippen LogP contribution in [0.5, 0.6) is 0 Å². The normalized spacial score (nSPS) is 18.5. The summed E-state index contributed by atoms with van der Waals surface area (Å²) in [4.78, 5) is 39.2. The van der Waals surface area contributed by atoms with Gasteiger partial charge in [-0.05, 0) is 84.3 Å². The van der Waals surface area contributed by atoms with Crippen LogP contribution in [0.3, 0.4) is 0 Å². The molecule has 0 aliphatic carbocycles. The first kappa shape index (κ1) is 19.1. The van der Waals surface area contributed by atoms with E-state index in [-0.39, 0.29) is 35.9 Å². The average molecular weight is 490 g/mol. The highest BCUT2D eigenvalue weighted by Crippen LogP contribution is 2.27. The number of hydrogen-bond acceptors (Lipinski definition) is 4. The van der Waals surface area contributed by atoms with E-state index >= 15 is 0 Å². The van der Waals surface area contributed by atoms with Crippen LogP contribution >= 0.6 is 22.6 Å². The summed E-state index contributed by atoms with van der Waals surface area (Å²) in [5.41, 5.74) is 2.63. The Morgan fingerprint density at radius 3 is 2.68 bits per heavy atom. The lowest BCUT2D eigenvalue weighted by Crippen LogP contribution is -2.36. The van der Waals surface area contributed by atoms with E-state index in [1.165, 1.54) is 11.0 Å². The predicted octanol–water partition coefficient (Wildman–Crippen LogP) is 3.63. The number of nitrogens with zero attached hydrogens (tertiary/aromatic N) is 1. The zero-order valence-electron chi connectivity index (χ0n) is 15.3. The van der Waals surface area contributed by atoms with Crippen LogP contribution in [0, 0.1) is 10.5 Å². The number of carbonyl (C=O) groups is 3. The number of benzene rings is 2. The molecular weight excluding hydrogens is 471 g/mol. The largest absolute Gasteiger partial charge is 0.376 e. The smallest absolute Gasteiger partial charge is 0.261 e. The number of halogens is 1. The first-order valence-electron chi connectivity index (χ1n) is 9.13. The third kappa shape index (κ3) is 3.56. The summed E-state index contributed by atoms with van der Waals surface area (Å²) in [5.74, 6) is -1.00. The number of nitrogens with one attached hydrogen (secondary N) is 1. The van der Waals surface area contributed by atoms with Crippen molar-refractivity contribution >= 4 is 46.0 Å². The number of aryl methyl sites for hydroxylation is 1. The number of anilines is 1. The molecule has 0 aromatic heterocycles. The van der Waals surface area contributed by atoms with Gasteiger partial charge in [0.05, 0.1) is 23.8 Å². The molecule has 7 heteroatoms.